The fourth-order valence-corrected chi connectivity index (χ4v) is 9.48. The molecule has 0 radical (unpaired) electrons. The quantitative estimate of drug-likeness (QED) is 0.135. The van der Waals surface area contributed by atoms with Gasteiger partial charge in [0.05, 0.1) is 0 Å². The van der Waals surface area contributed by atoms with Gasteiger partial charge in [-0.2, -0.15) is 6.07 Å². The number of pyridine rings is 1. The summed E-state index contributed by atoms with van der Waals surface area (Å²) in [7, 11) is 0. The molecular weight excluding hydrogens is 1010 g/mol. The number of ether oxygens (including phenoxy) is 1. The largest absolute Gasteiger partial charge is 0.509 e. The van der Waals surface area contributed by atoms with E-state index in [1.165, 1.54) is 27.8 Å². The van der Waals surface area contributed by atoms with E-state index in [2.05, 4.69) is 260 Å². The minimum Gasteiger partial charge on any atom is -0.509 e. The van der Waals surface area contributed by atoms with Gasteiger partial charge in [-0.25, -0.2) is 4.98 Å². The van der Waals surface area contributed by atoms with Gasteiger partial charge in [0.1, 0.15) is 5.82 Å². The van der Waals surface area contributed by atoms with E-state index in [9.17, 15) is 0 Å². The van der Waals surface area contributed by atoms with Crippen molar-refractivity contribution in [1.29, 1.82) is 0 Å². The number of fused-ring (bicyclic) bond motifs is 4. The molecule has 0 bridgehead atoms. The Morgan fingerprint density at radius 1 is 0.471 bits per heavy atom. The molecule has 9 aromatic rings. The average molecular weight is 1070 g/mol. The van der Waals surface area contributed by atoms with E-state index in [4.69, 9.17) is 9.72 Å². The molecule has 0 N–H and O–H groups in total. The molecule has 68 heavy (non-hydrogen) atoms. The SMILES string of the molecule is CC(C)(C)c1ccnc(-n2c3[c-]c(Oc4[c-]c(N5[CH-]N(c6cccc(C(C)(C)c7ccccc7)c6)c6ccc(C(C)(C)C)cc65)cc(C(C)(C)c5ccccc5)c4)ccc3c3ccccc32)c1.[Pt]. The van der Waals surface area contributed by atoms with E-state index in [1.54, 1.807) is 0 Å². The van der Waals surface area contributed by atoms with Gasteiger partial charge in [0.15, 0.2) is 0 Å². The number of aromatic nitrogens is 2. The predicted octanol–water partition coefficient (Wildman–Crippen LogP) is 16.2. The molecule has 3 heterocycles. The van der Waals surface area contributed by atoms with Crippen LogP contribution < -0.4 is 14.5 Å². The first-order valence-corrected chi connectivity index (χ1v) is 23.4. The van der Waals surface area contributed by atoms with Crippen LogP contribution in [0.5, 0.6) is 11.5 Å². The Hall–Kier alpha value is -6.42. The Morgan fingerprint density at radius 3 is 1.79 bits per heavy atom. The molecule has 0 amide bonds. The Kier molecular flexibility index (Phi) is 12.1. The smallest absolute Gasteiger partial charge is 0.135 e. The zero-order chi connectivity index (χ0) is 46.9. The second-order valence-electron chi connectivity index (χ2n) is 21.2. The molecule has 0 atom stereocenters. The first-order chi connectivity index (χ1) is 32.0. The number of para-hydroxylation sites is 1. The molecule has 10 rings (SSSR count). The number of nitrogens with zero attached hydrogens (tertiary/aromatic N) is 4. The molecule has 2 aromatic heterocycles. The third-order valence-corrected chi connectivity index (χ3v) is 13.9. The van der Waals surface area contributed by atoms with Gasteiger partial charge in [-0.3, -0.25) is 0 Å². The molecule has 1 aliphatic heterocycles. The van der Waals surface area contributed by atoms with Crippen molar-refractivity contribution >= 4 is 44.6 Å². The molecule has 0 unspecified atom stereocenters. The minimum atomic E-state index is -0.375. The van der Waals surface area contributed by atoms with Crippen LogP contribution in [0.15, 0.2) is 170 Å². The van der Waals surface area contributed by atoms with E-state index in [0.717, 1.165) is 55.9 Å². The fourth-order valence-electron chi connectivity index (χ4n) is 9.48. The van der Waals surface area contributed by atoms with Crippen LogP contribution in [-0.2, 0) is 42.7 Å². The summed E-state index contributed by atoms with van der Waals surface area (Å²) in [6.07, 6.45) is 1.91. The second kappa shape index (κ2) is 17.6. The predicted molar refractivity (Wildman–Crippen MR) is 279 cm³/mol. The van der Waals surface area contributed by atoms with Crippen molar-refractivity contribution in [3.8, 4) is 17.3 Å². The van der Waals surface area contributed by atoms with Crippen LogP contribution in [0.25, 0.3) is 27.6 Å². The Labute approximate surface area is 417 Å². The number of anilines is 4. The molecule has 7 aromatic carbocycles. The van der Waals surface area contributed by atoms with Gasteiger partial charge in [-0.1, -0.05) is 172 Å². The summed E-state index contributed by atoms with van der Waals surface area (Å²) in [5.41, 5.74) is 12.8. The van der Waals surface area contributed by atoms with Crippen LogP contribution in [0.4, 0.5) is 22.7 Å². The molecule has 346 valence electrons. The molecule has 0 saturated carbocycles. The molecule has 0 spiro atoms. The summed E-state index contributed by atoms with van der Waals surface area (Å²) in [5.74, 6) is 2.05. The topological polar surface area (TPSA) is 33.5 Å². The molecular formula is C62H59N4OPt-3. The normalized spacial score (nSPS) is 13.2. The van der Waals surface area contributed by atoms with Gasteiger partial charge >= 0.3 is 0 Å². The van der Waals surface area contributed by atoms with Crippen LogP contribution in [0.2, 0.25) is 0 Å². The van der Waals surface area contributed by atoms with Gasteiger partial charge in [0, 0.05) is 66.8 Å². The molecule has 0 saturated heterocycles. The Bertz CT molecular complexity index is 3280. The molecule has 5 nitrogen and oxygen atoms in total. The van der Waals surface area contributed by atoms with Crippen molar-refractivity contribution in [1.82, 2.24) is 9.55 Å². The first kappa shape index (κ1) is 46.7. The maximum Gasteiger partial charge on any atom is 0.135 e. The second-order valence-corrected chi connectivity index (χ2v) is 21.2. The Balaban J connectivity index is 0.00000578. The van der Waals surface area contributed by atoms with E-state index in [0.29, 0.717) is 11.5 Å². The summed E-state index contributed by atoms with van der Waals surface area (Å²) in [4.78, 5) is 9.52. The molecule has 6 heteroatoms. The summed E-state index contributed by atoms with van der Waals surface area (Å²) in [6, 6.07) is 66.2. The van der Waals surface area contributed by atoms with Gasteiger partial charge in [0.25, 0.3) is 0 Å². The van der Waals surface area contributed by atoms with Crippen molar-refractivity contribution in [3.05, 3.63) is 222 Å². The summed E-state index contributed by atoms with van der Waals surface area (Å²) in [5, 5.41) is 2.23. The molecule has 1 aliphatic rings. The zero-order valence-electron chi connectivity index (χ0n) is 40.8. The maximum atomic E-state index is 7.00. The van der Waals surface area contributed by atoms with Crippen LogP contribution in [0, 0.1) is 18.8 Å². The third kappa shape index (κ3) is 8.56. The van der Waals surface area contributed by atoms with Crippen molar-refractivity contribution in [2.24, 2.45) is 0 Å². The standard InChI is InChI=1S/C62H59N4O.Pt/c1-59(2,3)44-28-31-55-57(37-44)65(41-64(55)48-25-19-24-46(34-48)61(7,8)42-20-13-11-14-21-42)49-35-47(62(9,10)43-22-15-12-16-23-43)36-51(39-49)67-50-29-30-53-52-26-17-18-27-54(52)66(56(53)40-50)58-38-45(32-33-63-58)60(4,5)6;/h11-38,41H,1-10H3;/q-3;. The maximum absolute atomic E-state index is 7.00. The minimum absolute atomic E-state index is 0. The van der Waals surface area contributed by atoms with E-state index < -0.39 is 0 Å². The van der Waals surface area contributed by atoms with Gasteiger partial charge < -0.3 is 19.1 Å². The van der Waals surface area contributed by atoms with Crippen molar-refractivity contribution < 1.29 is 25.8 Å². The van der Waals surface area contributed by atoms with Crippen molar-refractivity contribution in [3.63, 3.8) is 0 Å². The average Bonchev–Trinajstić information content (AvgIpc) is 3.87. The summed E-state index contributed by atoms with van der Waals surface area (Å²) < 4.78 is 9.21. The van der Waals surface area contributed by atoms with E-state index >= 15 is 0 Å². The van der Waals surface area contributed by atoms with Gasteiger partial charge in [0.2, 0.25) is 0 Å². The number of hydrogen-bond acceptors (Lipinski definition) is 4. The van der Waals surface area contributed by atoms with Crippen LogP contribution in [0.3, 0.4) is 0 Å². The molecule has 0 fully saturated rings. The van der Waals surface area contributed by atoms with Crippen molar-refractivity contribution in [2.45, 2.75) is 90.9 Å². The van der Waals surface area contributed by atoms with Crippen molar-refractivity contribution in [2.75, 3.05) is 9.80 Å². The third-order valence-electron chi connectivity index (χ3n) is 13.9. The monoisotopic (exact) mass is 1070 g/mol. The Morgan fingerprint density at radius 2 is 1.10 bits per heavy atom. The van der Waals surface area contributed by atoms with Crippen LogP contribution in [-0.4, -0.2) is 9.55 Å². The van der Waals surface area contributed by atoms with Gasteiger partial charge in [-0.15, -0.1) is 53.6 Å². The fraction of sp³-hybridized carbons (Fsp3) is 0.226. The number of benzene rings is 7. The number of hydrogen-bond donors (Lipinski definition) is 0. The van der Waals surface area contributed by atoms with Crippen LogP contribution >= 0.6 is 0 Å². The summed E-state index contributed by atoms with van der Waals surface area (Å²) >= 11 is 0. The van der Waals surface area contributed by atoms with E-state index in [1.807, 2.05) is 12.3 Å². The number of rotatable bonds is 9. The van der Waals surface area contributed by atoms with Gasteiger partial charge in [-0.05, 0) is 91.9 Å². The van der Waals surface area contributed by atoms with Crippen LogP contribution in [0.1, 0.15) is 103 Å². The zero-order valence-corrected chi connectivity index (χ0v) is 43.0. The summed E-state index contributed by atoms with van der Waals surface area (Å²) in [6.45, 7) is 24.9. The first-order valence-electron chi connectivity index (χ1n) is 23.4. The van der Waals surface area contributed by atoms with E-state index in [-0.39, 0.29) is 42.7 Å². The molecule has 0 aliphatic carbocycles.